The van der Waals surface area contributed by atoms with Gasteiger partial charge in [0.1, 0.15) is 28.2 Å². The van der Waals surface area contributed by atoms with Crippen LogP contribution in [0.5, 0.6) is 0 Å². The molecule has 0 aliphatic rings. The summed E-state index contributed by atoms with van der Waals surface area (Å²) in [6, 6.07) is 5.92. The molecule has 2 aromatic heterocycles. The topological polar surface area (TPSA) is 64.0 Å². The van der Waals surface area contributed by atoms with Gasteiger partial charge in [-0.2, -0.15) is 13.2 Å². The Bertz CT molecular complexity index is 1140. The number of fused-ring (bicyclic) bond motifs is 1. The summed E-state index contributed by atoms with van der Waals surface area (Å²) in [5, 5.41) is 1.74. The van der Waals surface area contributed by atoms with Crippen molar-refractivity contribution in [3.8, 4) is 5.69 Å². The van der Waals surface area contributed by atoms with E-state index < -0.39 is 41.4 Å². The zero-order valence-corrected chi connectivity index (χ0v) is 15.7. The van der Waals surface area contributed by atoms with Crippen molar-refractivity contribution in [1.29, 1.82) is 0 Å². The van der Waals surface area contributed by atoms with Gasteiger partial charge in [-0.05, 0) is 30.7 Å². The largest absolute Gasteiger partial charge is 0.408 e. The molecule has 1 N–H and O–H groups in total. The number of carbonyl (C=O) groups excluding carboxylic acids is 1. The Morgan fingerprint density at radius 2 is 1.93 bits per heavy atom. The summed E-state index contributed by atoms with van der Waals surface area (Å²) in [5.41, 5.74) is -1.50. The first-order valence-electron chi connectivity index (χ1n) is 8.48. The minimum Gasteiger partial charge on any atom is -0.340 e. The standard InChI is InChI=1S/C19H14ClF4N3O2/c1-2-14(19(22,23)24)25-18(29)11-9-27(13-6-4-3-5-12(13)21)17-10(16(11)28)7-8-15(20)26-17/h3-9,14H,2H2,1H3,(H,25,29)/t14-/m1/s1. The van der Waals surface area contributed by atoms with Gasteiger partial charge in [-0.25, -0.2) is 9.37 Å². The molecule has 3 rings (SSSR count). The first-order valence-corrected chi connectivity index (χ1v) is 8.85. The molecular weight excluding hydrogens is 414 g/mol. The lowest BCUT2D eigenvalue weighted by atomic mass is 10.1. The van der Waals surface area contributed by atoms with Gasteiger partial charge in [-0.1, -0.05) is 30.7 Å². The van der Waals surface area contributed by atoms with Crippen LogP contribution in [0.25, 0.3) is 16.7 Å². The van der Waals surface area contributed by atoms with Gasteiger partial charge in [-0.3, -0.25) is 14.2 Å². The Kier molecular flexibility index (Phi) is 5.61. The lowest BCUT2D eigenvalue weighted by Crippen LogP contribution is -2.46. The highest BCUT2D eigenvalue weighted by Crippen LogP contribution is 2.23. The van der Waals surface area contributed by atoms with Gasteiger partial charge in [-0.15, -0.1) is 0 Å². The predicted octanol–water partition coefficient (Wildman–Crippen LogP) is 4.25. The summed E-state index contributed by atoms with van der Waals surface area (Å²) in [5.74, 6) is -1.91. The first kappa shape index (κ1) is 20.8. The Morgan fingerprint density at radius 3 is 2.55 bits per heavy atom. The highest BCUT2D eigenvalue weighted by atomic mass is 35.5. The monoisotopic (exact) mass is 427 g/mol. The molecular formula is C19H14ClF4N3O2. The predicted molar refractivity (Wildman–Crippen MR) is 99.9 cm³/mol. The number of hydrogen-bond donors (Lipinski definition) is 1. The number of nitrogens with one attached hydrogen (secondary N) is 1. The van der Waals surface area contributed by atoms with E-state index in [1.807, 2.05) is 5.32 Å². The number of rotatable bonds is 4. The fourth-order valence-electron chi connectivity index (χ4n) is 2.82. The molecule has 152 valence electrons. The quantitative estimate of drug-likeness (QED) is 0.500. The first-order chi connectivity index (χ1) is 13.6. The average Bonchev–Trinajstić information content (AvgIpc) is 2.66. The zero-order chi connectivity index (χ0) is 21.3. The maximum absolute atomic E-state index is 14.3. The summed E-state index contributed by atoms with van der Waals surface area (Å²) in [4.78, 5) is 29.3. The summed E-state index contributed by atoms with van der Waals surface area (Å²) >= 11 is 5.89. The molecule has 3 aromatic rings. The van der Waals surface area contributed by atoms with E-state index in [0.29, 0.717) is 0 Å². The number of aromatic nitrogens is 2. The molecule has 29 heavy (non-hydrogen) atoms. The number of nitrogens with zero attached hydrogens (tertiary/aromatic N) is 2. The molecule has 1 aromatic carbocycles. The van der Waals surface area contributed by atoms with Crippen LogP contribution >= 0.6 is 11.6 Å². The summed E-state index contributed by atoms with van der Waals surface area (Å²) in [6.07, 6.45) is -4.13. The normalized spacial score (nSPS) is 12.8. The molecule has 0 aliphatic carbocycles. The molecule has 0 saturated heterocycles. The average molecular weight is 428 g/mol. The van der Waals surface area contributed by atoms with Crippen LogP contribution in [0.15, 0.2) is 47.4 Å². The second-order valence-corrected chi connectivity index (χ2v) is 6.56. The van der Waals surface area contributed by atoms with Crippen molar-refractivity contribution in [2.24, 2.45) is 0 Å². The van der Waals surface area contributed by atoms with E-state index in [0.717, 1.165) is 16.8 Å². The highest BCUT2D eigenvalue weighted by molar-refractivity contribution is 6.29. The van der Waals surface area contributed by atoms with Gasteiger partial charge in [0, 0.05) is 6.20 Å². The van der Waals surface area contributed by atoms with E-state index in [1.165, 1.54) is 37.3 Å². The molecule has 0 radical (unpaired) electrons. The third-order valence-corrected chi connectivity index (χ3v) is 4.49. The van der Waals surface area contributed by atoms with Gasteiger partial charge in [0.25, 0.3) is 5.91 Å². The van der Waals surface area contributed by atoms with Crippen LogP contribution in [-0.4, -0.2) is 27.7 Å². The molecule has 0 aliphatic heterocycles. The van der Waals surface area contributed by atoms with Crippen molar-refractivity contribution in [2.45, 2.75) is 25.6 Å². The van der Waals surface area contributed by atoms with Gasteiger partial charge in [0.05, 0.1) is 11.1 Å². The molecule has 0 spiro atoms. The van der Waals surface area contributed by atoms with Crippen LogP contribution in [0.3, 0.4) is 0 Å². The van der Waals surface area contributed by atoms with Crippen molar-refractivity contribution < 1.29 is 22.4 Å². The maximum Gasteiger partial charge on any atom is 0.408 e. The van der Waals surface area contributed by atoms with Crippen molar-refractivity contribution in [1.82, 2.24) is 14.9 Å². The number of amides is 1. The SMILES string of the molecule is CC[C@@H](NC(=O)c1cn(-c2ccccc2F)c2nc(Cl)ccc2c1=O)C(F)(F)F. The number of para-hydroxylation sites is 1. The molecule has 10 heteroatoms. The van der Waals surface area contributed by atoms with E-state index in [1.54, 1.807) is 0 Å². The van der Waals surface area contributed by atoms with E-state index in [2.05, 4.69) is 4.98 Å². The van der Waals surface area contributed by atoms with E-state index in [-0.39, 0.29) is 21.9 Å². The minimum atomic E-state index is -4.68. The molecule has 0 bridgehead atoms. The highest BCUT2D eigenvalue weighted by Gasteiger charge is 2.39. The Labute approximate surface area is 166 Å². The Balaban J connectivity index is 2.23. The molecule has 2 heterocycles. The van der Waals surface area contributed by atoms with Gasteiger partial charge in [0.2, 0.25) is 5.43 Å². The summed E-state index contributed by atoms with van der Waals surface area (Å²) in [6.45, 7) is 1.25. The number of halogens is 5. The van der Waals surface area contributed by atoms with E-state index in [4.69, 9.17) is 11.6 Å². The van der Waals surface area contributed by atoms with Gasteiger partial charge in [0.15, 0.2) is 0 Å². The van der Waals surface area contributed by atoms with Crippen LogP contribution in [0.2, 0.25) is 5.15 Å². The Morgan fingerprint density at radius 1 is 1.24 bits per heavy atom. The van der Waals surface area contributed by atoms with Crippen molar-refractivity contribution in [3.05, 3.63) is 69.4 Å². The Hall–Kier alpha value is -2.94. The smallest absolute Gasteiger partial charge is 0.340 e. The van der Waals surface area contributed by atoms with Gasteiger partial charge >= 0.3 is 6.18 Å². The minimum absolute atomic E-state index is 0.0160. The molecule has 0 saturated carbocycles. The van der Waals surface area contributed by atoms with E-state index >= 15 is 0 Å². The fraction of sp³-hybridized carbons (Fsp3) is 0.211. The lowest BCUT2D eigenvalue weighted by molar-refractivity contribution is -0.153. The third-order valence-electron chi connectivity index (χ3n) is 4.28. The number of alkyl halides is 3. The molecule has 1 amide bonds. The fourth-order valence-corrected chi connectivity index (χ4v) is 2.97. The number of benzene rings is 1. The molecule has 1 atom stereocenters. The molecule has 5 nitrogen and oxygen atoms in total. The summed E-state index contributed by atoms with van der Waals surface area (Å²) < 4.78 is 54.5. The second kappa shape index (κ2) is 7.82. The van der Waals surface area contributed by atoms with Crippen LogP contribution in [0.4, 0.5) is 17.6 Å². The van der Waals surface area contributed by atoms with Crippen LogP contribution in [-0.2, 0) is 0 Å². The second-order valence-electron chi connectivity index (χ2n) is 6.17. The lowest BCUT2D eigenvalue weighted by Gasteiger charge is -2.20. The number of hydrogen-bond acceptors (Lipinski definition) is 3. The summed E-state index contributed by atoms with van der Waals surface area (Å²) in [7, 11) is 0. The van der Waals surface area contributed by atoms with Crippen LogP contribution < -0.4 is 10.7 Å². The van der Waals surface area contributed by atoms with E-state index in [9.17, 15) is 27.2 Å². The van der Waals surface area contributed by atoms with Crippen LogP contribution in [0.1, 0.15) is 23.7 Å². The maximum atomic E-state index is 14.3. The molecule has 0 unspecified atom stereocenters. The zero-order valence-electron chi connectivity index (χ0n) is 14.9. The van der Waals surface area contributed by atoms with Gasteiger partial charge < -0.3 is 5.32 Å². The van der Waals surface area contributed by atoms with Crippen LogP contribution in [0, 0.1) is 5.82 Å². The van der Waals surface area contributed by atoms with Crippen molar-refractivity contribution in [3.63, 3.8) is 0 Å². The number of carbonyl (C=O) groups is 1. The van der Waals surface area contributed by atoms with Crippen molar-refractivity contribution in [2.75, 3.05) is 0 Å². The number of pyridine rings is 2. The molecule has 0 fully saturated rings. The third kappa shape index (κ3) is 4.09. The van der Waals surface area contributed by atoms with Crippen molar-refractivity contribution >= 4 is 28.5 Å².